The van der Waals surface area contributed by atoms with Gasteiger partial charge in [0.05, 0.1) is 22.1 Å². The van der Waals surface area contributed by atoms with Crippen LogP contribution in [0.15, 0.2) is 36.4 Å². The summed E-state index contributed by atoms with van der Waals surface area (Å²) in [6.07, 6.45) is 1.62. The number of carbonyl (C=O) groups excluding carboxylic acids is 1. The third-order valence-electron chi connectivity index (χ3n) is 4.03. The zero-order chi connectivity index (χ0) is 18.1. The summed E-state index contributed by atoms with van der Waals surface area (Å²) >= 11 is 12.1. The predicted molar refractivity (Wildman–Crippen MR) is 92.4 cm³/mol. The average Bonchev–Trinajstić information content (AvgIpc) is 3.38. The van der Waals surface area contributed by atoms with Crippen molar-refractivity contribution in [3.63, 3.8) is 0 Å². The molecule has 130 valence electrons. The molecule has 1 amide bonds. The molecule has 8 heteroatoms. The van der Waals surface area contributed by atoms with Crippen LogP contribution in [-0.2, 0) is 6.54 Å². The molecule has 25 heavy (non-hydrogen) atoms. The average molecular weight is 383 g/mol. The van der Waals surface area contributed by atoms with Crippen LogP contribution in [0.2, 0.25) is 10.0 Å². The fourth-order valence-corrected chi connectivity index (χ4v) is 3.03. The topological polar surface area (TPSA) is 63.4 Å². The molecule has 2 aromatic carbocycles. The van der Waals surface area contributed by atoms with Crippen molar-refractivity contribution in [2.75, 3.05) is 0 Å². The first kappa shape index (κ1) is 17.6. The largest absolute Gasteiger partial charge is 0.331 e. The minimum atomic E-state index is -0.585. The van der Waals surface area contributed by atoms with Gasteiger partial charge in [-0.05, 0) is 31.0 Å². The Kier molecular flexibility index (Phi) is 4.92. The first-order valence-electron chi connectivity index (χ1n) is 7.56. The molecule has 1 aliphatic rings. The van der Waals surface area contributed by atoms with Gasteiger partial charge in [0.1, 0.15) is 5.82 Å². The van der Waals surface area contributed by atoms with E-state index in [9.17, 15) is 19.3 Å². The van der Waals surface area contributed by atoms with Gasteiger partial charge in [-0.15, -0.1) is 0 Å². The number of halogens is 3. The first-order chi connectivity index (χ1) is 11.9. The quantitative estimate of drug-likeness (QED) is 0.548. The number of rotatable bonds is 5. The molecule has 0 aliphatic heterocycles. The lowest BCUT2D eigenvalue weighted by Gasteiger charge is -2.24. The Bertz CT molecular complexity index is 836. The van der Waals surface area contributed by atoms with E-state index in [0.717, 1.165) is 18.9 Å². The van der Waals surface area contributed by atoms with Crippen molar-refractivity contribution >= 4 is 34.8 Å². The van der Waals surface area contributed by atoms with E-state index in [-0.39, 0.29) is 39.4 Å². The van der Waals surface area contributed by atoms with Crippen molar-refractivity contribution in [1.29, 1.82) is 0 Å². The van der Waals surface area contributed by atoms with Gasteiger partial charge >= 0.3 is 0 Å². The lowest BCUT2D eigenvalue weighted by atomic mass is 10.1. The van der Waals surface area contributed by atoms with E-state index in [1.54, 1.807) is 6.07 Å². The maximum Gasteiger partial charge on any atom is 0.270 e. The smallest absolute Gasteiger partial charge is 0.270 e. The fraction of sp³-hybridized carbons (Fsp3) is 0.235. The standard InChI is InChI=1S/C17H13Cl2FN2O3/c18-14-2-1-3-16(20)13(14)9-21(10-4-5-10)17(23)12-7-6-11(22(24)25)8-15(12)19/h1-3,6-8,10H,4-5,9H2. The Morgan fingerprint density at radius 3 is 2.52 bits per heavy atom. The van der Waals surface area contributed by atoms with Gasteiger partial charge in [-0.3, -0.25) is 14.9 Å². The Morgan fingerprint density at radius 1 is 1.24 bits per heavy atom. The molecule has 1 fully saturated rings. The van der Waals surface area contributed by atoms with Gasteiger partial charge in [0.15, 0.2) is 0 Å². The van der Waals surface area contributed by atoms with Crippen LogP contribution in [0.5, 0.6) is 0 Å². The molecule has 0 N–H and O–H groups in total. The highest BCUT2D eigenvalue weighted by atomic mass is 35.5. The number of carbonyl (C=O) groups is 1. The van der Waals surface area contributed by atoms with E-state index >= 15 is 0 Å². The van der Waals surface area contributed by atoms with Crippen LogP contribution in [0.3, 0.4) is 0 Å². The van der Waals surface area contributed by atoms with Crippen LogP contribution < -0.4 is 0 Å². The SMILES string of the molecule is O=C(c1ccc([N+](=O)[O-])cc1Cl)N(Cc1c(F)cccc1Cl)C1CC1. The normalized spacial score (nSPS) is 13.6. The molecular formula is C17H13Cl2FN2O3. The van der Waals surface area contributed by atoms with E-state index in [4.69, 9.17) is 23.2 Å². The predicted octanol–water partition coefficient (Wildman–Crippen LogP) is 4.85. The van der Waals surface area contributed by atoms with Crippen molar-refractivity contribution in [3.8, 4) is 0 Å². The monoisotopic (exact) mass is 382 g/mol. The van der Waals surface area contributed by atoms with E-state index < -0.39 is 16.6 Å². The van der Waals surface area contributed by atoms with Crippen LogP contribution in [0, 0.1) is 15.9 Å². The van der Waals surface area contributed by atoms with Gasteiger partial charge in [0.25, 0.3) is 11.6 Å². The summed E-state index contributed by atoms with van der Waals surface area (Å²) in [5.41, 5.74) is 0.186. The Morgan fingerprint density at radius 2 is 1.96 bits per heavy atom. The maximum absolute atomic E-state index is 14.1. The van der Waals surface area contributed by atoms with Crippen molar-refractivity contribution in [2.24, 2.45) is 0 Å². The van der Waals surface area contributed by atoms with Gasteiger partial charge in [0, 0.05) is 28.8 Å². The second-order valence-corrected chi connectivity index (χ2v) is 6.60. The van der Waals surface area contributed by atoms with Crippen LogP contribution in [0.4, 0.5) is 10.1 Å². The zero-order valence-corrected chi connectivity index (χ0v) is 14.4. The third kappa shape index (κ3) is 3.75. The summed E-state index contributed by atoms with van der Waals surface area (Å²) in [6.45, 7) is 0.0162. The first-order valence-corrected chi connectivity index (χ1v) is 8.32. The molecule has 0 saturated heterocycles. The number of nitro groups is 1. The molecule has 0 bridgehead atoms. The van der Waals surface area contributed by atoms with Crippen molar-refractivity contribution in [3.05, 3.63) is 73.5 Å². The Hall–Kier alpha value is -2.18. The molecule has 0 aromatic heterocycles. The van der Waals surface area contributed by atoms with Crippen LogP contribution in [-0.4, -0.2) is 21.8 Å². The molecular weight excluding hydrogens is 370 g/mol. The van der Waals surface area contributed by atoms with Gasteiger partial charge in [-0.25, -0.2) is 4.39 Å². The molecule has 0 radical (unpaired) electrons. The second-order valence-electron chi connectivity index (χ2n) is 5.79. The van der Waals surface area contributed by atoms with Gasteiger partial charge in [-0.2, -0.15) is 0 Å². The third-order valence-corrected chi connectivity index (χ3v) is 4.70. The molecule has 1 saturated carbocycles. The molecule has 2 aromatic rings. The van der Waals surface area contributed by atoms with Crippen molar-refractivity contribution in [2.45, 2.75) is 25.4 Å². The highest BCUT2D eigenvalue weighted by molar-refractivity contribution is 6.34. The minimum Gasteiger partial charge on any atom is -0.331 e. The zero-order valence-electron chi connectivity index (χ0n) is 12.9. The molecule has 3 rings (SSSR count). The number of hydrogen-bond donors (Lipinski definition) is 0. The van der Waals surface area contributed by atoms with Crippen LogP contribution in [0.25, 0.3) is 0 Å². The summed E-state index contributed by atoms with van der Waals surface area (Å²) in [5.74, 6) is -0.887. The summed E-state index contributed by atoms with van der Waals surface area (Å²) in [4.78, 5) is 24.6. The Balaban J connectivity index is 1.91. The van der Waals surface area contributed by atoms with E-state index in [1.807, 2.05) is 0 Å². The minimum absolute atomic E-state index is 0.00974. The maximum atomic E-state index is 14.1. The van der Waals surface area contributed by atoms with Crippen LogP contribution in [0.1, 0.15) is 28.8 Å². The van der Waals surface area contributed by atoms with Crippen molar-refractivity contribution < 1.29 is 14.1 Å². The summed E-state index contributed by atoms with van der Waals surface area (Å²) in [6, 6.07) is 8.01. The molecule has 1 aliphatic carbocycles. The molecule has 5 nitrogen and oxygen atoms in total. The van der Waals surface area contributed by atoms with Gasteiger partial charge in [-0.1, -0.05) is 29.3 Å². The number of non-ortho nitro benzene ring substituents is 1. The highest BCUT2D eigenvalue weighted by Crippen LogP contribution is 2.33. The highest BCUT2D eigenvalue weighted by Gasteiger charge is 2.35. The number of amides is 1. The molecule has 0 spiro atoms. The second kappa shape index (κ2) is 6.98. The number of nitrogens with zero attached hydrogens (tertiary/aromatic N) is 2. The lowest BCUT2D eigenvalue weighted by molar-refractivity contribution is -0.384. The van der Waals surface area contributed by atoms with Gasteiger partial charge in [0.2, 0.25) is 0 Å². The number of hydrogen-bond acceptors (Lipinski definition) is 3. The lowest BCUT2D eigenvalue weighted by Crippen LogP contribution is -2.33. The van der Waals surface area contributed by atoms with E-state index in [2.05, 4.69) is 0 Å². The molecule has 0 unspecified atom stereocenters. The number of nitro benzene ring substituents is 1. The van der Waals surface area contributed by atoms with E-state index in [1.165, 1.54) is 29.2 Å². The van der Waals surface area contributed by atoms with Crippen LogP contribution >= 0.6 is 23.2 Å². The molecule has 0 atom stereocenters. The van der Waals surface area contributed by atoms with Gasteiger partial charge < -0.3 is 4.90 Å². The summed E-state index contributed by atoms with van der Waals surface area (Å²) in [5, 5.41) is 11.0. The van der Waals surface area contributed by atoms with Crippen molar-refractivity contribution in [1.82, 2.24) is 4.90 Å². The summed E-state index contributed by atoms with van der Waals surface area (Å²) in [7, 11) is 0. The molecule has 0 heterocycles. The Labute approximate surface area is 153 Å². The number of benzene rings is 2. The summed E-state index contributed by atoms with van der Waals surface area (Å²) < 4.78 is 14.1. The fourth-order valence-electron chi connectivity index (χ4n) is 2.55. The van der Waals surface area contributed by atoms with E-state index in [0.29, 0.717) is 0 Å².